The van der Waals surface area contributed by atoms with Crippen molar-refractivity contribution in [3.05, 3.63) is 48.6 Å². The molecule has 0 aliphatic rings. The van der Waals surface area contributed by atoms with Gasteiger partial charge in [-0.25, -0.2) is 14.8 Å². The molecule has 0 fully saturated rings. The standard InChI is InChI=1S/C24H25N7O4/c1-24(2,3)35-23(32)26-8-4-9-33-18-6-5-15-7-10-34-22(15)21(18)17-11-19(31-30-17)29-20-14-27-16(12-25)13-28-20/h5-7,10-11,13-14H,4,8-9H2,1-3H3,(H,26,32)(H2,28,29,30,31). The Kier molecular flexibility index (Phi) is 6.82. The number of alkyl carbamates (subject to hydrolysis) is 1. The molecule has 0 aliphatic carbocycles. The van der Waals surface area contributed by atoms with Crippen LogP contribution >= 0.6 is 0 Å². The summed E-state index contributed by atoms with van der Waals surface area (Å²) in [6.45, 7) is 6.23. The number of aromatic amines is 1. The number of carbonyl (C=O) groups is 1. The van der Waals surface area contributed by atoms with Crippen molar-refractivity contribution < 1.29 is 18.7 Å². The van der Waals surface area contributed by atoms with Gasteiger partial charge in [-0.05, 0) is 45.4 Å². The van der Waals surface area contributed by atoms with E-state index in [0.717, 1.165) is 10.9 Å². The van der Waals surface area contributed by atoms with Gasteiger partial charge in [0.1, 0.15) is 28.8 Å². The maximum Gasteiger partial charge on any atom is 0.407 e. The fraction of sp³-hybridized carbons (Fsp3) is 0.292. The third-order valence-corrected chi connectivity index (χ3v) is 4.70. The zero-order chi connectivity index (χ0) is 24.8. The van der Waals surface area contributed by atoms with Crippen molar-refractivity contribution in [2.24, 2.45) is 0 Å². The van der Waals surface area contributed by atoms with Gasteiger partial charge in [0, 0.05) is 18.0 Å². The van der Waals surface area contributed by atoms with Gasteiger partial charge in [-0.3, -0.25) is 5.10 Å². The molecule has 4 rings (SSSR count). The minimum atomic E-state index is -0.543. The van der Waals surface area contributed by atoms with E-state index in [1.165, 1.54) is 12.4 Å². The van der Waals surface area contributed by atoms with Gasteiger partial charge in [0.25, 0.3) is 0 Å². The minimum absolute atomic E-state index is 0.228. The molecule has 1 amide bonds. The summed E-state index contributed by atoms with van der Waals surface area (Å²) < 4.78 is 17.0. The molecule has 0 aliphatic heterocycles. The molecule has 3 heterocycles. The maximum absolute atomic E-state index is 11.8. The van der Waals surface area contributed by atoms with Crippen molar-refractivity contribution in [2.75, 3.05) is 18.5 Å². The number of fused-ring (bicyclic) bond motifs is 1. The first-order chi connectivity index (χ1) is 16.8. The lowest BCUT2D eigenvalue weighted by Crippen LogP contribution is -2.33. The third-order valence-electron chi connectivity index (χ3n) is 4.70. The molecule has 0 atom stereocenters. The predicted molar refractivity (Wildman–Crippen MR) is 128 cm³/mol. The lowest BCUT2D eigenvalue weighted by molar-refractivity contribution is 0.0525. The Balaban J connectivity index is 1.44. The van der Waals surface area contributed by atoms with Crippen LogP contribution in [0.15, 0.2) is 47.3 Å². The molecule has 180 valence electrons. The van der Waals surface area contributed by atoms with E-state index < -0.39 is 11.7 Å². The second kappa shape index (κ2) is 10.1. The number of hydrogen-bond acceptors (Lipinski definition) is 9. The highest BCUT2D eigenvalue weighted by Crippen LogP contribution is 2.37. The Bertz CT molecular complexity index is 1350. The topological polar surface area (TPSA) is 151 Å². The Labute approximate surface area is 201 Å². The molecule has 0 spiro atoms. The molecule has 1 aromatic carbocycles. The van der Waals surface area contributed by atoms with E-state index in [9.17, 15) is 4.79 Å². The molecule has 4 aromatic rings. The van der Waals surface area contributed by atoms with Gasteiger partial charge in [0.05, 0.1) is 36.5 Å². The summed E-state index contributed by atoms with van der Waals surface area (Å²) in [5.74, 6) is 1.57. The van der Waals surface area contributed by atoms with Crippen molar-refractivity contribution in [1.29, 1.82) is 5.26 Å². The average Bonchev–Trinajstić information content (AvgIpc) is 3.47. The van der Waals surface area contributed by atoms with E-state index in [0.29, 0.717) is 48.2 Å². The Morgan fingerprint density at radius 3 is 2.80 bits per heavy atom. The lowest BCUT2D eigenvalue weighted by atomic mass is 10.1. The first kappa shape index (κ1) is 23.6. The molecule has 0 saturated heterocycles. The van der Waals surface area contributed by atoms with E-state index in [-0.39, 0.29) is 5.69 Å². The number of H-pyrrole nitrogens is 1. The summed E-state index contributed by atoms with van der Waals surface area (Å²) in [7, 11) is 0. The molecule has 11 heteroatoms. The first-order valence-corrected chi connectivity index (χ1v) is 11.0. The smallest absolute Gasteiger partial charge is 0.407 e. The van der Waals surface area contributed by atoms with Crippen molar-refractivity contribution in [3.63, 3.8) is 0 Å². The number of anilines is 2. The number of nitrogens with zero attached hydrogens (tertiary/aromatic N) is 4. The zero-order valence-corrected chi connectivity index (χ0v) is 19.6. The van der Waals surface area contributed by atoms with Crippen LogP contribution in [0.4, 0.5) is 16.4 Å². The van der Waals surface area contributed by atoms with Gasteiger partial charge in [-0.2, -0.15) is 10.4 Å². The number of furan rings is 1. The minimum Gasteiger partial charge on any atom is -0.493 e. The van der Waals surface area contributed by atoms with Crippen LogP contribution in [0.5, 0.6) is 5.75 Å². The zero-order valence-electron chi connectivity index (χ0n) is 19.6. The van der Waals surface area contributed by atoms with Gasteiger partial charge in [0.2, 0.25) is 0 Å². The average molecular weight is 476 g/mol. The van der Waals surface area contributed by atoms with E-state index >= 15 is 0 Å². The largest absolute Gasteiger partial charge is 0.493 e. The van der Waals surface area contributed by atoms with Crippen molar-refractivity contribution in [2.45, 2.75) is 32.8 Å². The second-order valence-corrected chi connectivity index (χ2v) is 8.60. The van der Waals surface area contributed by atoms with Crippen LogP contribution in [0.25, 0.3) is 22.2 Å². The van der Waals surface area contributed by atoms with Crippen LogP contribution in [0.2, 0.25) is 0 Å². The van der Waals surface area contributed by atoms with Crippen LogP contribution in [0.1, 0.15) is 32.9 Å². The number of nitrogens with one attached hydrogen (secondary N) is 3. The Morgan fingerprint density at radius 2 is 2.06 bits per heavy atom. The summed E-state index contributed by atoms with van der Waals surface area (Å²) in [5.41, 5.74) is 1.74. The van der Waals surface area contributed by atoms with Crippen molar-refractivity contribution in [1.82, 2.24) is 25.5 Å². The monoisotopic (exact) mass is 475 g/mol. The number of nitriles is 1. The fourth-order valence-corrected chi connectivity index (χ4v) is 3.24. The number of carbonyl (C=O) groups excluding carboxylic acids is 1. The molecular formula is C24H25N7O4. The molecule has 0 saturated carbocycles. The number of hydrogen-bond donors (Lipinski definition) is 3. The Hall–Kier alpha value is -4.59. The molecule has 0 bridgehead atoms. The number of rotatable bonds is 8. The summed E-state index contributed by atoms with van der Waals surface area (Å²) in [6.07, 6.45) is 4.58. The van der Waals surface area contributed by atoms with Crippen LogP contribution in [-0.2, 0) is 4.74 Å². The highest BCUT2D eigenvalue weighted by atomic mass is 16.6. The summed E-state index contributed by atoms with van der Waals surface area (Å²) >= 11 is 0. The molecule has 0 unspecified atom stereocenters. The van der Waals surface area contributed by atoms with Gasteiger partial charge in [0.15, 0.2) is 11.5 Å². The van der Waals surface area contributed by atoms with Crippen LogP contribution in [0.3, 0.4) is 0 Å². The van der Waals surface area contributed by atoms with Crippen LogP contribution in [0, 0.1) is 11.3 Å². The first-order valence-electron chi connectivity index (χ1n) is 11.0. The van der Waals surface area contributed by atoms with E-state index in [2.05, 4.69) is 30.8 Å². The maximum atomic E-state index is 11.8. The molecular weight excluding hydrogens is 450 g/mol. The predicted octanol–water partition coefficient (Wildman–Crippen LogP) is 4.52. The number of ether oxygens (including phenoxy) is 2. The number of aromatic nitrogens is 4. The van der Waals surface area contributed by atoms with Crippen molar-refractivity contribution in [3.8, 4) is 23.1 Å². The SMILES string of the molecule is CC(C)(C)OC(=O)NCCCOc1ccc2ccoc2c1-c1cc(Nc2cnc(C#N)cn2)n[nH]1. The number of amides is 1. The lowest BCUT2D eigenvalue weighted by Gasteiger charge is -2.19. The fourth-order valence-electron chi connectivity index (χ4n) is 3.24. The molecule has 11 nitrogen and oxygen atoms in total. The quantitative estimate of drug-likeness (QED) is 0.312. The number of benzene rings is 1. The molecule has 35 heavy (non-hydrogen) atoms. The normalized spacial score (nSPS) is 11.1. The van der Waals surface area contributed by atoms with Gasteiger partial charge in [-0.1, -0.05) is 0 Å². The second-order valence-electron chi connectivity index (χ2n) is 8.60. The molecule has 3 N–H and O–H groups in total. The highest BCUT2D eigenvalue weighted by molar-refractivity contribution is 5.95. The van der Waals surface area contributed by atoms with Gasteiger partial charge < -0.3 is 24.5 Å². The highest BCUT2D eigenvalue weighted by Gasteiger charge is 2.18. The van der Waals surface area contributed by atoms with Crippen LogP contribution < -0.4 is 15.4 Å². The molecule has 0 radical (unpaired) electrons. The van der Waals surface area contributed by atoms with Gasteiger partial charge in [-0.15, -0.1) is 0 Å². The molecule has 3 aromatic heterocycles. The van der Waals surface area contributed by atoms with E-state index in [4.69, 9.17) is 19.2 Å². The van der Waals surface area contributed by atoms with E-state index in [1.807, 2.05) is 45.0 Å². The van der Waals surface area contributed by atoms with E-state index in [1.54, 1.807) is 12.3 Å². The van der Waals surface area contributed by atoms with Crippen molar-refractivity contribution >= 4 is 28.7 Å². The Morgan fingerprint density at radius 1 is 1.20 bits per heavy atom. The summed E-state index contributed by atoms with van der Waals surface area (Å²) in [5, 5.41) is 22.8. The van der Waals surface area contributed by atoms with Gasteiger partial charge >= 0.3 is 6.09 Å². The van der Waals surface area contributed by atoms with Crippen LogP contribution in [-0.4, -0.2) is 45.0 Å². The third kappa shape index (κ3) is 6.05. The summed E-state index contributed by atoms with van der Waals surface area (Å²) in [6, 6.07) is 9.38. The summed E-state index contributed by atoms with van der Waals surface area (Å²) in [4.78, 5) is 19.9.